The molecule has 2 heterocycles. The maximum atomic E-state index is 12.2. The third-order valence-electron chi connectivity index (χ3n) is 4.56. The molecule has 0 aliphatic rings. The lowest BCUT2D eigenvalue weighted by Gasteiger charge is -2.19. The minimum atomic E-state index is -0.827. The summed E-state index contributed by atoms with van der Waals surface area (Å²) in [5.41, 5.74) is 1.60. The van der Waals surface area contributed by atoms with Crippen LogP contribution < -0.4 is 9.47 Å². The summed E-state index contributed by atoms with van der Waals surface area (Å²) in [5, 5.41) is 2.29. The molecule has 0 atom stereocenters. The Morgan fingerprint density at radius 2 is 1.88 bits per heavy atom. The molecule has 0 amide bonds. The monoisotopic (exact) mass is 454 g/mol. The highest BCUT2D eigenvalue weighted by Gasteiger charge is 2.22. The second-order valence-electron chi connectivity index (χ2n) is 8.22. The zero-order valence-corrected chi connectivity index (χ0v) is 18.9. The van der Waals surface area contributed by atoms with Gasteiger partial charge in [0.1, 0.15) is 17.1 Å². The first-order valence-electron chi connectivity index (χ1n) is 10.00. The predicted octanol–water partition coefficient (Wildman–Crippen LogP) is 6.62. The molecule has 8 heteroatoms. The van der Waals surface area contributed by atoms with Crippen LogP contribution in [0, 0.1) is 0 Å². The van der Waals surface area contributed by atoms with Gasteiger partial charge in [-0.25, -0.2) is 9.78 Å². The van der Waals surface area contributed by atoms with E-state index in [9.17, 15) is 4.79 Å². The van der Waals surface area contributed by atoms with E-state index in [-0.39, 0.29) is 12.5 Å². The number of aromatic nitrogens is 2. The average Bonchev–Trinajstić information content (AvgIpc) is 3.06. The van der Waals surface area contributed by atoms with E-state index in [1.807, 2.05) is 30.3 Å². The number of carbonyl (C=O) groups is 1. The van der Waals surface area contributed by atoms with Crippen LogP contribution in [-0.2, 0) is 16.1 Å². The van der Waals surface area contributed by atoms with Crippen LogP contribution in [0.2, 0.25) is 5.02 Å². The van der Waals surface area contributed by atoms with Gasteiger partial charge in [0.05, 0.1) is 23.9 Å². The van der Waals surface area contributed by atoms with Crippen LogP contribution in [-0.4, -0.2) is 28.8 Å². The van der Waals surface area contributed by atoms with Crippen LogP contribution in [0.25, 0.3) is 21.8 Å². The Bertz CT molecular complexity index is 1290. The van der Waals surface area contributed by atoms with Gasteiger partial charge in [0.25, 0.3) is 0 Å². The average molecular weight is 455 g/mol. The fraction of sp³-hybridized carbons (Fsp3) is 0.250. The summed E-state index contributed by atoms with van der Waals surface area (Å²) in [6.45, 7) is 5.49. The number of carbonyl (C=O) groups excluding carboxylic acids is 1. The summed E-state index contributed by atoms with van der Waals surface area (Å²) in [4.78, 5) is 19.9. The molecular formula is C24H23ClN2O5. The molecule has 2 aromatic carbocycles. The van der Waals surface area contributed by atoms with Crippen molar-refractivity contribution < 1.29 is 23.7 Å². The van der Waals surface area contributed by atoms with Crippen LogP contribution in [0.15, 0.2) is 48.7 Å². The van der Waals surface area contributed by atoms with Crippen LogP contribution in [0.5, 0.6) is 17.4 Å². The Labute approximate surface area is 190 Å². The number of ether oxygens (including phenoxy) is 4. The fourth-order valence-electron chi connectivity index (χ4n) is 3.37. The number of nitrogens with one attached hydrogen (secondary N) is 1. The highest BCUT2D eigenvalue weighted by Crippen LogP contribution is 2.36. The first-order chi connectivity index (χ1) is 15.2. The first kappa shape index (κ1) is 21.9. The Balaban J connectivity index is 1.77. The predicted molar refractivity (Wildman–Crippen MR) is 123 cm³/mol. The summed E-state index contributed by atoms with van der Waals surface area (Å²) in [6, 6.07) is 12.9. The van der Waals surface area contributed by atoms with Crippen LogP contribution in [0.3, 0.4) is 0 Å². The molecule has 0 aliphatic heterocycles. The van der Waals surface area contributed by atoms with Gasteiger partial charge in [0, 0.05) is 28.4 Å². The standard InChI is InChI=1S/C24H23ClN2O5/c1-24(2,3)32-23(28)31-22-18(13-29-4)21-17-11-16(30-15-7-5-6-14(25)10-15)8-9-19(17)27-20(21)12-26-22/h5-12,27H,13H2,1-4H3. The van der Waals surface area contributed by atoms with Crippen LogP contribution >= 0.6 is 11.6 Å². The number of methoxy groups -OCH3 is 1. The molecular weight excluding hydrogens is 432 g/mol. The van der Waals surface area contributed by atoms with Gasteiger partial charge < -0.3 is 23.9 Å². The molecule has 0 bridgehead atoms. The smallest absolute Gasteiger partial charge is 0.457 e. The van der Waals surface area contributed by atoms with E-state index in [0.29, 0.717) is 22.1 Å². The first-order valence-corrected chi connectivity index (χ1v) is 10.4. The van der Waals surface area contributed by atoms with Crippen molar-refractivity contribution in [2.75, 3.05) is 7.11 Å². The number of benzene rings is 2. The van der Waals surface area contributed by atoms with Crippen molar-refractivity contribution >= 4 is 39.6 Å². The maximum Gasteiger partial charge on any atom is 0.515 e. The van der Waals surface area contributed by atoms with Crippen molar-refractivity contribution in [1.82, 2.24) is 9.97 Å². The summed E-state index contributed by atoms with van der Waals surface area (Å²) >= 11 is 6.06. The van der Waals surface area contributed by atoms with E-state index in [2.05, 4.69) is 9.97 Å². The lowest BCUT2D eigenvalue weighted by Crippen LogP contribution is -2.26. The van der Waals surface area contributed by atoms with Crippen LogP contribution in [0.1, 0.15) is 26.3 Å². The van der Waals surface area contributed by atoms with Crippen molar-refractivity contribution in [3.63, 3.8) is 0 Å². The van der Waals surface area contributed by atoms with Gasteiger partial charge >= 0.3 is 6.16 Å². The number of halogens is 1. The second kappa shape index (κ2) is 8.68. The van der Waals surface area contributed by atoms with Gasteiger partial charge in [0.15, 0.2) is 0 Å². The molecule has 4 aromatic rings. The van der Waals surface area contributed by atoms with Crippen molar-refractivity contribution in [2.45, 2.75) is 33.0 Å². The molecule has 0 unspecified atom stereocenters. The number of H-pyrrole nitrogens is 1. The summed E-state index contributed by atoms with van der Waals surface area (Å²) in [5.74, 6) is 1.40. The molecule has 7 nitrogen and oxygen atoms in total. The number of rotatable bonds is 5. The van der Waals surface area contributed by atoms with E-state index < -0.39 is 11.8 Å². The molecule has 166 valence electrons. The van der Waals surface area contributed by atoms with Crippen molar-refractivity contribution in [2.24, 2.45) is 0 Å². The van der Waals surface area contributed by atoms with Gasteiger partial charge in [-0.15, -0.1) is 0 Å². The van der Waals surface area contributed by atoms with Gasteiger partial charge in [-0.3, -0.25) is 0 Å². The Hall–Kier alpha value is -3.29. The van der Waals surface area contributed by atoms with E-state index in [1.165, 1.54) is 0 Å². The van der Waals surface area contributed by atoms with E-state index >= 15 is 0 Å². The summed E-state index contributed by atoms with van der Waals surface area (Å²) in [6.07, 6.45) is 0.789. The number of nitrogens with zero attached hydrogens (tertiary/aromatic N) is 1. The topological polar surface area (TPSA) is 82.7 Å². The number of fused-ring (bicyclic) bond motifs is 3. The molecule has 0 aliphatic carbocycles. The van der Waals surface area contributed by atoms with Crippen molar-refractivity contribution in [3.05, 3.63) is 59.2 Å². The molecule has 32 heavy (non-hydrogen) atoms. The van der Waals surface area contributed by atoms with Crippen molar-refractivity contribution in [3.8, 4) is 17.4 Å². The maximum absolute atomic E-state index is 12.2. The molecule has 0 saturated carbocycles. The second-order valence-corrected chi connectivity index (χ2v) is 8.66. The molecule has 0 radical (unpaired) electrons. The third kappa shape index (κ3) is 4.79. The lowest BCUT2D eigenvalue weighted by atomic mass is 10.1. The lowest BCUT2D eigenvalue weighted by molar-refractivity contribution is 0.0192. The van der Waals surface area contributed by atoms with E-state index in [4.69, 9.17) is 30.5 Å². The minimum Gasteiger partial charge on any atom is -0.457 e. The Morgan fingerprint density at radius 1 is 1.09 bits per heavy atom. The minimum absolute atomic E-state index is 0.135. The largest absolute Gasteiger partial charge is 0.515 e. The molecule has 0 spiro atoms. The SMILES string of the molecule is COCc1c(OC(=O)OC(C)(C)C)ncc2[nH]c3ccc(Oc4cccc(Cl)c4)cc3c12. The summed E-state index contributed by atoms with van der Waals surface area (Å²) < 4.78 is 22.1. The quantitative estimate of drug-likeness (QED) is 0.341. The highest BCUT2D eigenvalue weighted by atomic mass is 35.5. The molecule has 0 fully saturated rings. The van der Waals surface area contributed by atoms with Gasteiger partial charge in [0.2, 0.25) is 5.88 Å². The molecule has 2 aromatic heterocycles. The van der Waals surface area contributed by atoms with Gasteiger partial charge in [-0.2, -0.15) is 0 Å². The zero-order chi connectivity index (χ0) is 22.9. The Morgan fingerprint density at radius 3 is 2.59 bits per heavy atom. The normalized spacial score (nSPS) is 11.7. The number of hydrogen-bond donors (Lipinski definition) is 1. The van der Waals surface area contributed by atoms with E-state index in [0.717, 1.165) is 21.8 Å². The molecule has 1 N–H and O–H groups in total. The Kier molecular flexibility index (Phi) is 5.95. The van der Waals surface area contributed by atoms with Crippen molar-refractivity contribution in [1.29, 1.82) is 0 Å². The molecule has 4 rings (SSSR count). The summed E-state index contributed by atoms with van der Waals surface area (Å²) in [7, 11) is 1.57. The highest BCUT2D eigenvalue weighted by molar-refractivity contribution is 6.30. The fourth-order valence-corrected chi connectivity index (χ4v) is 3.55. The number of hydrogen-bond acceptors (Lipinski definition) is 6. The third-order valence-corrected chi connectivity index (χ3v) is 4.79. The number of pyridine rings is 1. The van der Waals surface area contributed by atoms with Gasteiger partial charge in [-0.1, -0.05) is 17.7 Å². The van der Waals surface area contributed by atoms with E-state index in [1.54, 1.807) is 46.2 Å². The molecule has 0 saturated heterocycles. The zero-order valence-electron chi connectivity index (χ0n) is 18.2. The van der Waals surface area contributed by atoms with Crippen LogP contribution in [0.4, 0.5) is 4.79 Å². The van der Waals surface area contributed by atoms with Gasteiger partial charge in [-0.05, 0) is 57.2 Å². The number of aromatic amines is 1.